The molecule has 0 aliphatic carbocycles. The van der Waals surface area contributed by atoms with E-state index in [1.807, 2.05) is 6.07 Å². The van der Waals surface area contributed by atoms with E-state index in [0.717, 1.165) is 24.2 Å². The number of nitrogens with two attached hydrogens (primary N) is 1. The second-order valence-electron chi connectivity index (χ2n) is 5.72. The van der Waals surface area contributed by atoms with Crippen molar-refractivity contribution in [2.24, 2.45) is 5.73 Å². The molecule has 1 atom stereocenters. The Morgan fingerprint density at radius 3 is 2.29 bits per heavy atom. The summed E-state index contributed by atoms with van der Waals surface area (Å²) in [5.41, 5.74) is 11.1. The third-order valence-electron chi connectivity index (χ3n) is 4.16. The van der Waals surface area contributed by atoms with Crippen LogP contribution in [0, 0.1) is 13.8 Å². The van der Waals surface area contributed by atoms with Crippen molar-refractivity contribution in [2.75, 3.05) is 7.11 Å². The van der Waals surface area contributed by atoms with E-state index in [9.17, 15) is 0 Å². The summed E-state index contributed by atoms with van der Waals surface area (Å²) in [4.78, 5) is 0. The molecule has 0 radical (unpaired) electrons. The fourth-order valence-corrected chi connectivity index (χ4v) is 3.05. The van der Waals surface area contributed by atoms with Gasteiger partial charge in [0.1, 0.15) is 5.75 Å². The number of hydrogen-bond acceptors (Lipinski definition) is 2. The van der Waals surface area contributed by atoms with Crippen molar-refractivity contribution in [1.82, 2.24) is 0 Å². The topological polar surface area (TPSA) is 35.2 Å². The van der Waals surface area contributed by atoms with E-state index in [1.165, 1.54) is 16.7 Å². The summed E-state index contributed by atoms with van der Waals surface area (Å²) < 4.78 is 5.42. The van der Waals surface area contributed by atoms with Crippen LogP contribution in [0.1, 0.15) is 42.0 Å². The first kappa shape index (κ1) is 15.6. The van der Waals surface area contributed by atoms with Gasteiger partial charge in [-0.2, -0.15) is 0 Å². The maximum atomic E-state index is 6.87. The summed E-state index contributed by atoms with van der Waals surface area (Å²) in [6.45, 7) is 6.35. The maximum Gasteiger partial charge on any atom is 0.122 e. The predicted octanol–water partition coefficient (Wildman–Crippen LogP) is 4.31. The number of ether oxygens (including phenoxy) is 1. The Bertz CT molecular complexity index is 606. The zero-order valence-electron chi connectivity index (χ0n) is 13.4. The van der Waals surface area contributed by atoms with Gasteiger partial charge in [-0.1, -0.05) is 43.7 Å². The Morgan fingerprint density at radius 2 is 1.71 bits per heavy atom. The Hall–Kier alpha value is -1.80. The third kappa shape index (κ3) is 2.96. The minimum atomic E-state index is -0.447. The lowest BCUT2D eigenvalue weighted by Crippen LogP contribution is -2.38. The van der Waals surface area contributed by atoms with Crippen LogP contribution >= 0.6 is 0 Å². The molecule has 2 heteroatoms. The second kappa shape index (κ2) is 6.31. The molecule has 21 heavy (non-hydrogen) atoms. The van der Waals surface area contributed by atoms with Crippen molar-refractivity contribution < 1.29 is 4.74 Å². The third-order valence-corrected chi connectivity index (χ3v) is 4.16. The minimum Gasteiger partial charge on any atom is -0.496 e. The molecule has 0 aromatic heterocycles. The SMILES string of the molecule is CCCC(N)(c1ccccc1)c1cc(C)c(OC)cc1C. The van der Waals surface area contributed by atoms with Crippen LogP contribution in [0.2, 0.25) is 0 Å². The summed E-state index contributed by atoms with van der Waals surface area (Å²) in [7, 11) is 1.71. The number of methoxy groups -OCH3 is 1. The Morgan fingerprint density at radius 1 is 1.05 bits per heavy atom. The lowest BCUT2D eigenvalue weighted by molar-refractivity contribution is 0.409. The van der Waals surface area contributed by atoms with Crippen molar-refractivity contribution in [3.05, 3.63) is 64.7 Å². The summed E-state index contributed by atoms with van der Waals surface area (Å²) in [5, 5.41) is 0. The van der Waals surface area contributed by atoms with E-state index < -0.39 is 5.54 Å². The highest BCUT2D eigenvalue weighted by atomic mass is 16.5. The number of rotatable bonds is 5. The van der Waals surface area contributed by atoms with Gasteiger partial charge >= 0.3 is 0 Å². The van der Waals surface area contributed by atoms with E-state index in [2.05, 4.69) is 57.2 Å². The summed E-state index contributed by atoms with van der Waals surface area (Å²) in [6.07, 6.45) is 1.96. The quantitative estimate of drug-likeness (QED) is 0.887. The Labute approximate surface area is 127 Å². The van der Waals surface area contributed by atoms with E-state index in [4.69, 9.17) is 10.5 Å². The van der Waals surface area contributed by atoms with Crippen LogP contribution in [-0.4, -0.2) is 7.11 Å². The first-order chi connectivity index (χ1) is 10.0. The molecule has 0 heterocycles. The molecule has 1 unspecified atom stereocenters. The highest BCUT2D eigenvalue weighted by Crippen LogP contribution is 2.36. The van der Waals surface area contributed by atoms with Gasteiger partial charge in [0.05, 0.1) is 12.6 Å². The second-order valence-corrected chi connectivity index (χ2v) is 5.72. The minimum absolute atomic E-state index is 0.447. The highest BCUT2D eigenvalue weighted by Gasteiger charge is 2.30. The van der Waals surface area contributed by atoms with Crippen LogP contribution in [0.25, 0.3) is 0 Å². The Kier molecular flexibility index (Phi) is 4.69. The van der Waals surface area contributed by atoms with E-state index in [1.54, 1.807) is 7.11 Å². The Balaban J connectivity index is 2.61. The molecule has 0 spiro atoms. The molecule has 0 saturated carbocycles. The first-order valence-electron chi connectivity index (χ1n) is 7.53. The number of aryl methyl sites for hydroxylation is 2. The molecule has 0 bridgehead atoms. The number of benzene rings is 2. The molecule has 0 amide bonds. The fourth-order valence-electron chi connectivity index (χ4n) is 3.05. The fraction of sp³-hybridized carbons (Fsp3) is 0.368. The average molecular weight is 283 g/mol. The van der Waals surface area contributed by atoms with Crippen LogP contribution < -0.4 is 10.5 Å². The van der Waals surface area contributed by atoms with Gasteiger partial charge in [0.2, 0.25) is 0 Å². The van der Waals surface area contributed by atoms with Gasteiger partial charge in [-0.3, -0.25) is 0 Å². The number of hydrogen-bond donors (Lipinski definition) is 1. The largest absolute Gasteiger partial charge is 0.496 e. The first-order valence-corrected chi connectivity index (χ1v) is 7.53. The van der Waals surface area contributed by atoms with E-state index >= 15 is 0 Å². The van der Waals surface area contributed by atoms with Gasteiger partial charge in [-0.15, -0.1) is 0 Å². The van der Waals surface area contributed by atoms with Crippen molar-refractivity contribution in [2.45, 2.75) is 39.2 Å². The molecular formula is C19H25NO. The molecule has 0 aliphatic rings. The molecule has 2 aromatic rings. The molecule has 0 fully saturated rings. The van der Waals surface area contributed by atoms with E-state index in [0.29, 0.717) is 0 Å². The smallest absolute Gasteiger partial charge is 0.122 e. The standard InChI is InChI=1S/C19H25NO/c1-5-11-19(20,16-9-7-6-8-10-16)17-12-15(3)18(21-4)13-14(17)2/h6-10,12-13H,5,11,20H2,1-4H3. The maximum absolute atomic E-state index is 6.87. The monoisotopic (exact) mass is 283 g/mol. The van der Waals surface area contributed by atoms with Crippen LogP contribution in [0.5, 0.6) is 5.75 Å². The van der Waals surface area contributed by atoms with Crippen molar-refractivity contribution in [3.8, 4) is 5.75 Å². The zero-order chi connectivity index (χ0) is 15.5. The van der Waals surface area contributed by atoms with Crippen LogP contribution in [0.3, 0.4) is 0 Å². The van der Waals surface area contributed by atoms with Crippen LogP contribution in [-0.2, 0) is 5.54 Å². The van der Waals surface area contributed by atoms with Gasteiger partial charge in [0.15, 0.2) is 0 Å². The molecule has 0 saturated heterocycles. The highest BCUT2D eigenvalue weighted by molar-refractivity contribution is 5.48. The molecule has 112 valence electrons. The van der Waals surface area contributed by atoms with Crippen LogP contribution in [0.4, 0.5) is 0 Å². The lowest BCUT2D eigenvalue weighted by atomic mass is 9.78. The van der Waals surface area contributed by atoms with Gasteiger partial charge in [0, 0.05) is 0 Å². The normalized spacial score (nSPS) is 13.8. The van der Waals surface area contributed by atoms with Gasteiger partial charge in [-0.25, -0.2) is 0 Å². The van der Waals surface area contributed by atoms with Gasteiger partial charge in [-0.05, 0) is 54.7 Å². The van der Waals surface area contributed by atoms with Gasteiger partial charge in [0.25, 0.3) is 0 Å². The zero-order valence-corrected chi connectivity index (χ0v) is 13.4. The summed E-state index contributed by atoms with van der Waals surface area (Å²) in [6, 6.07) is 14.6. The average Bonchev–Trinajstić information content (AvgIpc) is 2.50. The molecule has 2 N–H and O–H groups in total. The van der Waals surface area contributed by atoms with Crippen molar-refractivity contribution in [1.29, 1.82) is 0 Å². The molecule has 2 nitrogen and oxygen atoms in total. The molecular weight excluding hydrogens is 258 g/mol. The van der Waals surface area contributed by atoms with Crippen LogP contribution in [0.15, 0.2) is 42.5 Å². The van der Waals surface area contributed by atoms with Gasteiger partial charge < -0.3 is 10.5 Å². The molecule has 0 aliphatic heterocycles. The molecule has 2 rings (SSSR count). The van der Waals surface area contributed by atoms with Crippen molar-refractivity contribution >= 4 is 0 Å². The lowest BCUT2D eigenvalue weighted by Gasteiger charge is -2.32. The summed E-state index contributed by atoms with van der Waals surface area (Å²) in [5.74, 6) is 0.920. The predicted molar refractivity (Wildman–Crippen MR) is 88.8 cm³/mol. The van der Waals surface area contributed by atoms with E-state index in [-0.39, 0.29) is 0 Å². The molecule has 2 aromatic carbocycles. The van der Waals surface area contributed by atoms with Crippen molar-refractivity contribution in [3.63, 3.8) is 0 Å². The summed E-state index contributed by atoms with van der Waals surface area (Å²) >= 11 is 0.